The van der Waals surface area contributed by atoms with E-state index in [0.717, 1.165) is 23.4 Å². The Labute approximate surface area is 128 Å². The summed E-state index contributed by atoms with van der Waals surface area (Å²) in [4.78, 5) is 12.4. The maximum Gasteiger partial charge on any atom is 0.255 e. The van der Waals surface area contributed by atoms with E-state index < -0.39 is 0 Å². The fraction of sp³-hybridized carbons (Fsp3) is 0.235. The molecule has 1 N–H and O–H groups in total. The van der Waals surface area contributed by atoms with E-state index in [1.807, 2.05) is 18.2 Å². The maximum atomic E-state index is 12.4. The number of carbonyl (C=O) groups excluding carboxylic acids is 1. The van der Waals surface area contributed by atoms with Gasteiger partial charge in [-0.2, -0.15) is 0 Å². The fourth-order valence-corrected chi connectivity index (χ4v) is 2.41. The summed E-state index contributed by atoms with van der Waals surface area (Å²) in [6, 6.07) is 10.7. The van der Waals surface area contributed by atoms with Crippen molar-refractivity contribution in [2.75, 3.05) is 26.1 Å². The highest BCUT2D eigenvalue weighted by atomic mass is 16.5. The van der Waals surface area contributed by atoms with E-state index in [2.05, 4.69) is 5.32 Å². The van der Waals surface area contributed by atoms with E-state index in [4.69, 9.17) is 14.2 Å². The lowest BCUT2D eigenvalue weighted by Gasteiger charge is -2.10. The van der Waals surface area contributed by atoms with Gasteiger partial charge in [-0.05, 0) is 35.9 Å². The third-order valence-electron chi connectivity index (χ3n) is 3.56. The normalized spacial score (nSPS) is 12.3. The smallest absolute Gasteiger partial charge is 0.255 e. The number of fused-ring (bicyclic) bond motifs is 1. The molecule has 0 aromatic heterocycles. The molecule has 0 bridgehead atoms. The van der Waals surface area contributed by atoms with Crippen LogP contribution in [-0.4, -0.2) is 26.7 Å². The van der Waals surface area contributed by atoms with Gasteiger partial charge in [-0.3, -0.25) is 4.79 Å². The molecule has 0 saturated heterocycles. The van der Waals surface area contributed by atoms with Gasteiger partial charge >= 0.3 is 0 Å². The Kier molecular flexibility index (Phi) is 3.87. The van der Waals surface area contributed by atoms with Crippen molar-refractivity contribution in [1.29, 1.82) is 0 Å². The third-order valence-corrected chi connectivity index (χ3v) is 3.56. The van der Waals surface area contributed by atoms with Crippen molar-refractivity contribution in [2.24, 2.45) is 0 Å². The van der Waals surface area contributed by atoms with Crippen molar-refractivity contribution in [1.82, 2.24) is 0 Å². The average molecular weight is 299 g/mol. The molecule has 0 saturated carbocycles. The highest BCUT2D eigenvalue weighted by Gasteiger charge is 2.14. The molecule has 22 heavy (non-hydrogen) atoms. The van der Waals surface area contributed by atoms with E-state index in [1.54, 1.807) is 32.4 Å². The highest BCUT2D eigenvalue weighted by molar-refractivity contribution is 6.04. The standard InChI is InChI=1S/C17H17NO4/c1-20-14-8-12(9-15(10-14)21-2)17(19)18-13-3-4-16-11(7-13)5-6-22-16/h3-4,7-10H,5-6H2,1-2H3,(H,18,19). The van der Waals surface area contributed by atoms with Crippen LogP contribution < -0.4 is 19.5 Å². The molecule has 114 valence electrons. The molecular formula is C17H17NO4. The predicted octanol–water partition coefficient (Wildman–Crippen LogP) is 2.89. The Morgan fingerprint density at radius 3 is 2.50 bits per heavy atom. The Bertz CT molecular complexity index is 690. The number of hydrogen-bond acceptors (Lipinski definition) is 4. The first-order valence-corrected chi connectivity index (χ1v) is 7.00. The highest BCUT2D eigenvalue weighted by Crippen LogP contribution is 2.28. The van der Waals surface area contributed by atoms with E-state index >= 15 is 0 Å². The van der Waals surface area contributed by atoms with Crippen molar-refractivity contribution < 1.29 is 19.0 Å². The molecule has 0 atom stereocenters. The Balaban J connectivity index is 1.82. The number of ether oxygens (including phenoxy) is 3. The minimum absolute atomic E-state index is 0.212. The van der Waals surface area contributed by atoms with E-state index in [1.165, 1.54) is 0 Å². The number of nitrogens with one attached hydrogen (secondary N) is 1. The minimum Gasteiger partial charge on any atom is -0.497 e. The summed E-state index contributed by atoms with van der Waals surface area (Å²) in [5.41, 5.74) is 2.34. The first-order chi connectivity index (χ1) is 10.7. The average Bonchev–Trinajstić information content (AvgIpc) is 3.01. The van der Waals surface area contributed by atoms with Gasteiger partial charge in [-0.25, -0.2) is 0 Å². The van der Waals surface area contributed by atoms with Crippen LogP contribution >= 0.6 is 0 Å². The molecule has 0 spiro atoms. The number of rotatable bonds is 4. The van der Waals surface area contributed by atoms with Crippen molar-refractivity contribution in [3.63, 3.8) is 0 Å². The largest absolute Gasteiger partial charge is 0.497 e. The number of methoxy groups -OCH3 is 2. The van der Waals surface area contributed by atoms with Crippen LogP contribution in [0.3, 0.4) is 0 Å². The summed E-state index contributed by atoms with van der Waals surface area (Å²) in [6.07, 6.45) is 0.867. The van der Waals surface area contributed by atoms with E-state index in [-0.39, 0.29) is 5.91 Å². The van der Waals surface area contributed by atoms with Crippen LogP contribution in [0.25, 0.3) is 0 Å². The second-order valence-corrected chi connectivity index (χ2v) is 4.98. The van der Waals surface area contributed by atoms with Gasteiger partial charge in [0.05, 0.1) is 20.8 Å². The number of benzene rings is 2. The predicted molar refractivity (Wildman–Crippen MR) is 83.1 cm³/mol. The van der Waals surface area contributed by atoms with E-state index in [9.17, 15) is 4.79 Å². The molecule has 0 fully saturated rings. The van der Waals surface area contributed by atoms with Gasteiger partial charge in [0.2, 0.25) is 0 Å². The molecule has 5 nitrogen and oxygen atoms in total. The van der Waals surface area contributed by atoms with Gasteiger partial charge < -0.3 is 19.5 Å². The van der Waals surface area contributed by atoms with Gasteiger partial charge in [0.25, 0.3) is 5.91 Å². The number of hydrogen-bond donors (Lipinski definition) is 1. The third kappa shape index (κ3) is 2.83. The quantitative estimate of drug-likeness (QED) is 0.943. The molecule has 1 aliphatic rings. The molecule has 1 amide bonds. The van der Waals surface area contributed by atoms with Crippen LogP contribution in [0.15, 0.2) is 36.4 Å². The summed E-state index contributed by atoms with van der Waals surface area (Å²) >= 11 is 0. The lowest BCUT2D eigenvalue weighted by molar-refractivity contribution is 0.102. The molecule has 0 unspecified atom stereocenters. The van der Waals surface area contributed by atoms with Crippen LogP contribution in [0, 0.1) is 0 Å². The van der Waals surface area contributed by atoms with Crippen molar-refractivity contribution in [2.45, 2.75) is 6.42 Å². The molecule has 2 aromatic rings. The first kappa shape index (κ1) is 14.3. The van der Waals surface area contributed by atoms with Crippen LogP contribution in [0.1, 0.15) is 15.9 Å². The van der Waals surface area contributed by atoms with Crippen LogP contribution in [-0.2, 0) is 6.42 Å². The number of anilines is 1. The topological polar surface area (TPSA) is 56.8 Å². The Hall–Kier alpha value is -2.69. The van der Waals surface area contributed by atoms with E-state index in [0.29, 0.717) is 23.7 Å². The Morgan fingerprint density at radius 1 is 1.09 bits per heavy atom. The zero-order chi connectivity index (χ0) is 15.5. The Morgan fingerprint density at radius 2 is 1.82 bits per heavy atom. The molecule has 5 heteroatoms. The van der Waals surface area contributed by atoms with Gasteiger partial charge in [-0.15, -0.1) is 0 Å². The molecule has 0 aliphatic carbocycles. The van der Waals surface area contributed by atoms with Crippen LogP contribution in [0.5, 0.6) is 17.2 Å². The van der Waals surface area contributed by atoms with Crippen molar-refractivity contribution in [3.8, 4) is 17.2 Å². The van der Waals surface area contributed by atoms with Crippen molar-refractivity contribution in [3.05, 3.63) is 47.5 Å². The zero-order valence-corrected chi connectivity index (χ0v) is 12.5. The molecule has 3 rings (SSSR count). The fourth-order valence-electron chi connectivity index (χ4n) is 2.41. The van der Waals surface area contributed by atoms with Gasteiger partial charge in [0.15, 0.2) is 0 Å². The first-order valence-electron chi connectivity index (χ1n) is 7.00. The van der Waals surface area contributed by atoms with Crippen LogP contribution in [0.2, 0.25) is 0 Å². The summed E-state index contributed by atoms with van der Waals surface area (Å²) in [7, 11) is 3.11. The summed E-state index contributed by atoms with van der Waals surface area (Å²) in [5.74, 6) is 1.83. The van der Waals surface area contributed by atoms with Gasteiger partial charge in [0, 0.05) is 23.7 Å². The molecule has 1 heterocycles. The van der Waals surface area contributed by atoms with Gasteiger partial charge in [-0.1, -0.05) is 0 Å². The monoisotopic (exact) mass is 299 g/mol. The molecule has 1 aliphatic heterocycles. The second-order valence-electron chi connectivity index (χ2n) is 4.98. The molecular weight excluding hydrogens is 282 g/mol. The lowest BCUT2D eigenvalue weighted by Crippen LogP contribution is -2.12. The maximum absolute atomic E-state index is 12.4. The number of amides is 1. The van der Waals surface area contributed by atoms with Crippen LogP contribution in [0.4, 0.5) is 5.69 Å². The summed E-state index contributed by atoms with van der Waals surface area (Å²) in [5, 5.41) is 2.88. The minimum atomic E-state index is -0.212. The SMILES string of the molecule is COc1cc(OC)cc(C(=O)Nc2ccc3c(c2)CCO3)c1. The zero-order valence-electron chi connectivity index (χ0n) is 12.5. The number of carbonyl (C=O) groups is 1. The second kappa shape index (κ2) is 5.97. The van der Waals surface area contributed by atoms with Gasteiger partial charge in [0.1, 0.15) is 17.2 Å². The molecule has 2 aromatic carbocycles. The van der Waals surface area contributed by atoms with Crippen molar-refractivity contribution >= 4 is 11.6 Å². The lowest BCUT2D eigenvalue weighted by atomic mass is 10.1. The molecule has 0 radical (unpaired) electrons. The summed E-state index contributed by atoms with van der Waals surface area (Å²) in [6.45, 7) is 0.694. The summed E-state index contributed by atoms with van der Waals surface area (Å²) < 4.78 is 15.8.